The van der Waals surface area contributed by atoms with Gasteiger partial charge in [-0.05, 0) is 51.5 Å². The summed E-state index contributed by atoms with van der Waals surface area (Å²) >= 11 is 9.59. The molecule has 0 spiro atoms. The van der Waals surface area contributed by atoms with Crippen LogP contribution in [0.1, 0.15) is 36.8 Å². The quantitative estimate of drug-likeness (QED) is 0.825. The molecule has 3 nitrogen and oxygen atoms in total. The summed E-state index contributed by atoms with van der Waals surface area (Å²) in [5, 5.41) is 8.79. The van der Waals surface area contributed by atoms with Crippen LogP contribution in [0.4, 0.5) is 5.69 Å². The SMILES string of the molecule is Cc1nn(C(C)C)c(C)c1NCc1cc(Cl)ccc1Br. The van der Waals surface area contributed by atoms with E-state index < -0.39 is 0 Å². The number of benzene rings is 1. The number of nitrogens with one attached hydrogen (secondary N) is 1. The number of anilines is 1. The molecule has 1 aromatic heterocycles. The molecule has 0 aliphatic heterocycles. The van der Waals surface area contributed by atoms with Crippen LogP contribution in [-0.2, 0) is 6.54 Å². The number of aromatic nitrogens is 2. The first kappa shape index (κ1) is 15.4. The molecule has 0 unspecified atom stereocenters. The van der Waals surface area contributed by atoms with Crippen molar-refractivity contribution in [3.05, 3.63) is 44.6 Å². The van der Waals surface area contributed by atoms with Gasteiger partial charge in [-0.1, -0.05) is 27.5 Å². The first-order valence-corrected chi connectivity index (χ1v) is 7.80. The number of nitrogens with zero attached hydrogens (tertiary/aromatic N) is 2. The minimum Gasteiger partial charge on any atom is -0.378 e. The molecule has 1 N–H and O–H groups in total. The maximum atomic E-state index is 6.04. The highest BCUT2D eigenvalue weighted by atomic mass is 79.9. The fourth-order valence-electron chi connectivity index (χ4n) is 2.28. The van der Waals surface area contributed by atoms with Gasteiger partial charge in [0.2, 0.25) is 0 Å². The van der Waals surface area contributed by atoms with E-state index in [4.69, 9.17) is 11.6 Å². The fourth-order valence-corrected chi connectivity index (χ4v) is 2.87. The highest BCUT2D eigenvalue weighted by Gasteiger charge is 2.13. The maximum absolute atomic E-state index is 6.04. The van der Waals surface area contributed by atoms with Crippen molar-refractivity contribution in [1.82, 2.24) is 9.78 Å². The van der Waals surface area contributed by atoms with Crippen molar-refractivity contribution in [2.75, 3.05) is 5.32 Å². The minimum absolute atomic E-state index is 0.363. The van der Waals surface area contributed by atoms with E-state index in [9.17, 15) is 0 Å². The van der Waals surface area contributed by atoms with Crippen LogP contribution < -0.4 is 5.32 Å². The molecule has 1 heterocycles. The number of halogens is 2. The molecule has 0 saturated heterocycles. The molecular weight excluding hydrogens is 338 g/mol. The van der Waals surface area contributed by atoms with E-state index in [0.717, 1.165) is 32.1 Å². The highest BCUT2D eigenvalue weighted by Crippen LogP contribution is 2.26. The molecule has 0 radical (unpaired) electrons. The van der Waals surface area contributed by atoms with Gasteiger partial charge in [0, 0.05) is 22.1 Å². The third kappa shape index (κ3) is 3.18. The summed E-state index contributed by atoms with van der Waals surface area (Å²) in [5.41, 5.74) is 4.42. The van der Waals surface area contributed by atoms with Gasteiger partial charge < -0.3 is 5.32 Å². The average molecular weight is 357 g/mol. The lowest BCUT2D eigenvalue weighted by Gasteiger charge is -2.11. The standard InChI is InChI=1S/C15H19BrClN3/c1-9(2)20-11(4)15(10(3)19-20)18-8-12-7-13(17)5-6-14(12)16/h5-7,9,18H,8H2,1-4H3. The second kappa shape index (κ2) is 6.19. The molecule has 0 aliphatic carbocycles. The van der Waals surface area contributed by atoms with Crippen LogP contribution in [0.5, 0.6) is 0 Å². The monoisotopic (exact) mass is 355 g/mol. The Labute approximate surface area is 133 Å². The first-order valence-electron chi connectivity index (χ1n) is 6.63. The third-order valence-electron chi connectivity index (χ3n) is 3.28. The van der Waals surface area contributed by atoms with Crippen LogP contribution in [-0.4, -0.2) is 9.78 Å². The van der Waals surface area contributed by atoms with Gasteiger partial charge in [-0.15, -0.1) is 0 Å². The summed E-state index contributed by atoms with van der Waals surface area (Å²) in [6, 6.07) is 6.18. The second-order valence-electron chi connectivity index (χ2n) is 5.17. The topological polar surface area (TPSA) is 29.9 Å². The van der Waals surface area contributed by atoms with Gasteiger partial charge in [-0.3, -0.25) is 4.68 Å². The van der Waals surface area contributed by atoms with Crippen LogP contribution in [0.3, 0.4) is 0 Å². The van der Waals surface area contributed by atoms with Crippen LogP contribution in [0.15, 0.2) is 22.7 Å². The van der Waals surface area contributed by atoms with E-state index in [1.54, 1.807) is 0 Å². The van der Waals surface area contributed by atoms with Crippen LogP contribution in [0, 0.1) is 13.8 Å². The molecule has 0 fully saturated rings. The zero-order valence-corrected chi connectivity index (χ0v) is 14.5. The van der Waals surface area contributed by atoms with Gasteiger partial charge in [0.25, 0.3) is 0 Å². The summed E-state index contributed by atoms with van der Waals surface area (Å²) in [6.07, 6.45) is 0. The van der Waals surface area contributed by atoms with Gasteiger partial charge in [0.15, 0.2) is 0 Å². The smallest absolute Gasteiger partial charge is 0.0828 e. The summed E-state index contributed by atoms with van der Waals surface area (Å²) in [7, 11) is 0. The zero-order chi connectivity index (χ0) is 14.9. The van der Waals surface area contributed by atoms with Crippen LogP contribution in [0.2, 0.25) is 5.02 Å². The van der Waals surface area contributed by atoms with E-state index in [-0.39, 0.29) is 0 Å². The van der Waals surface area contributed by atoms with E-state index in [1.807, 2.05) is 29.8 Å². The molecule has 0 saturated carbocycles. The van der Waals surface area contributed by atoms with E-state index in [0.29, 0.717) is 12.6 Å². The van der Waals surface area contributed by atoms with Crippen LogP contribution >= 0.6 is 27.5 Å². The Morgan fingerprint density at radius 3 is 2.65 bits per heavy atom. The molecular formula is C15H19BrClN3. The van der Waals surface area contributed by atoms with Gasteiger partial charge in [-0.2, -0.15) is 5.10 Å². The predicted octanol–water partition coefficient (Wildman–Crippen LogP) is 5.11. The lowest BCUT2D eigenvalue weighted by Crippen LogP contribution is -2.06. The molecule has 2 aromatic rings. The minimum atomic E-state index is 0.363. The average Bonchev–Trinajstić information content (AvgIpc) is 2.67. The summed E-state index contributed by atoms with van der Waals surface area (Å²) in [6.45, 7) is 9.11. The molecule has 0 bridgehead atoms. The lowest BCUT2D eigenvalue weighted by atomic mass is 10.2. The first-order chi connectivity index (χ1) is 9.40. The summed E-state index contributed by atoms with van der Waals surface area (Å²) in [5.74, 6) is 0. The Morgan fingerprint density at radius 2 is 2.05 bits per heavy atom. The predicted molar refractivity (Wildman–Crippen MR) is 88.6 cm³/mol. The Hall–Kier alpha value is -1.000. The highest BCUT2D eigenvalue weighted by molar-refractivity contribution is 9.10. The fraction of sp³-hybridized carbons (Fsp3) is 0.400. The van der Waals surface area contributed by atoms with Crippen molar-refractivity contribution >= 4 is 33.2 Å². The normalized spacial score (nSPS) is 11.2. The number of hydrogen-bond acceptors (Lipinski definition) is 2. The molecule has 5 heteroatoms. The molecule has 2 rings (SSSR count). The molecule has 1 aromatic carbocycles. The van der Waals surface area contributed by atoms with Crippen molar-refractivity contribution in [3.8, 4) is 0 Å². The second-order valence-corrected chi connectivity index (χ2v) is 6.46. The Balaban J connectivity index is 2.21. The van der Waals surface area contributed by atoms with E-state index >= 15 is 0 Å². The summed E-state index contributed by atoms with van der Waals surface area (Å²) in [4.78, 5) is 0. The number of aryl methyl sites for hydroxylation is 1. The van der Waals surface area contributed by atoms with Crippen molar-refractivity contribution < 1.29 is 0 Å². The van der Waals surface area contributed by atoms with Gasteiger partial charge in [0.05, 0.1) is 17.1 Å². The van der Waals surface area contributed by atoms with Gasteiger partial charge in [0.1, 0.15) is 0 Å². The van der Waals surface area contributed by atoms with Crippen molar-refractivity contribution in [2.45, 2.75) is 40.3 Å². The molecule has 0 atom stereocenters. The van der Waals surface area contributed by atoms with Gasteiger partial charge >= 0.3 is 0 Å². The Kier molecular flexibility index (Phi) is 4.76. The maximum Gasteiger partial charge on any atom is 0.0828 e. The number of hydrogen-bond donors (Lipinski definition) is 1. The molecule has 0 aliphatic rings. The molecule has 108 valence electrons. The Morgan fingerprint density at radius 1 is 1.35 bits per heavy atom. The van der Waals surface area contributed by atoms with Crippen LogP contribution in [0.25, 0.3) is 0 Å². The molecule has 20 heavy (non-hydrogen) atoms. The number of rotatable bonds is 4. The molecule has 0 amide bonds. The van der Waals surface area contributed by atoms with E-state index in [2.05, 4.69) is 47.1 Å². The largest absolute Gasteiger partial charge is 0.378 e. The van der Waals surface area contributed by atoms with Gasteiger partial charge in [-0.25, -0.2) is 0 Å². The van der Waals surface area contributed by atoms with Crippen molar-refractivity contribution in [3.63, 3.8) is 0 Å². The van der Waals surface area contributed by atoms with Crippen molar-refractivity contribution in [2.24, 2.45) is 0 Å². The summed E-state index contributed by atoms with van der Waals surface area (Å²) < 4.78 is 3.10. The zero-order valence-electron chi connectivity index (χ0n) is 12.2. The Bertz CT molecular complexity index is 620. The lowest BCUT2D eigenvalue weighted by molar-refractivity contribution is 0.516. The van der Waals surface area contributed by atoms with E-state index in [1.165, 1.54) is 0 Å². The third-order valence-corrected chi connectivity index (χ3v) is 4.29. The van der Waals surface area contributed by atoms with Crippen molar-refractivity contribution in [1.29, 1.82) is 0 Å².